The van der Waals surface area contributed by atoms with Crippen LogP contribution in [0.1, 0.15) is 95.7 Å². The number of ketones is 1. The minimum atomic E-state index is -0.166. The van der Waals surface area contributed by atoms with E-state index >= 15 is 0 Å². The lowest BCUT2D eigenvalue weighted by atomic mass is 9.47. The lowest BCUT2D eigenvalue weighted by molar-refractivity contribution is -0.149. The highest BCUT2D eigenvalue weighted by molar-refractivity contribution is 5.83. The third-order valence-electron chi connectivity index (χ3n) is 12.7. The molecule has 7 heteroatoms. The molecule has 0 aromatic heterocycles. The van der Waals surface area contributed by atoms with Gasteiger partial charge in [0, 0.05) is 43.8 Å². The first-order valence-corrected chi connectivity index (χ1v) is 16.2. The number of fused-ring (bicyclic) bond motifs is 7. The summed E-state index contributed by atoms with van der Waals surface area (Å²) in [5.74, 6) is 4.42. The number of rotatable bonds is 5. The molecule has 7 nitrogen and oxygen atoms in total. The minimum absolute atomic E-state index is 0.0174. The zero-order valence-electron chi connectivity index (χ0n) is 26.0. The molecule has 7 rings (SSSR count). The van der Waals surface area contributed by atoms with Gasteiger partial charge in [-0.05, 0) is 98.6 Å². The second kappa shape index (κ2) is 10.3. The first-order chi connectivity index (χ1) is 20.1. The summed E-state index contributed by atoms with van der Waals surface area (Å²) in [6, 6.07) is 2.08. The number of esters is 1. The molecule has 4 aliphatic carbocycles. The van der Waals surface area contributed by atoms with Crippen molar-refractivity contribution in [2.75, 3.05) is 27.5 Å². The molecule has 0 amide bonds. The van der Waals surface area contributed by atoms with E-state index < -0.39 is 0 Å². The monoisotopic (exact) mass is 577 g/mol. The summed E-state index contributed by atoms with van der Waals surface area (Å²) in [5, 5.41) is 0. The number of methoxy groups -OCH3 is 1. The highest BCUT2D eigenvalue weighted by Crippen LogP contribution is 2.66. The van der Waals surface area contributed by atoms with Crippen molar-refractivity contribution >= 4 is 11.8 Å². The van der Waals surface area contributed by atoms with Gasteiger partial charge in [-0.2, -0.15) is 0 Å². The Bertz CT molecular complexity index is 1320. The van der Waals surface area contributed by atoms with Crippen LogP contribution in [0.4, 0.5) is 0 Å². The molecule has 0 unspecified atom stereocenters. The molecule has 8 atom stereocenters. The maximum atomic E-state index is 14.4. The fourth-order valence-corrected chi connectivity index (χ4v) is 10.6. The van der Waals surface area contributed by atoms with Crippen LogP contribution in [0.15, 0.2) is 17.7 Å². The van der Waals surface area contributed by atoms with Crippen molar-refractivity contribution in [3.05, 3.63) is 28.8 Å². The number of carbonyl (C=O) groups is 2. The summed E-state index contributed by atoms with van der Waals surface area (Å²) in [6.45, 7) is 7.57. The predicted octanol–water partition coefficient (Wildman–Crippen LogP) is 6.42. The second-order valence-electron chi connectivity index (χ2n) is 14.5. The summed E-state index contributed by atoms with van der Waals surface area (Å²) >= 11 is 0. The van der Waals surface area contributed by atoms with Gasteiger partial charge in [0.05, 0.1) is 7.11 Å². The van der Waals surface area contributed by atoms with Gasteiger partial charge in [0.15, 0.2) is 11.5 Å². The number of benzene rings is 1. The van der Waals surface area contributed by atoms with Crippen molar-refractivity contribution in [1.29, 1.82) is 0 Å². The van der Waals surface area contributed by atoms with Crippen LogP contribution in [0.25, 0.3) is 0 Å². The molecule has 2 aliphatic heterocycles. The second-order valence-corrected chi connectivity index (χ2v) is 14.5. The standard InChI is InChI=1S/C35H47NO6/c1-20(37)42-23-10-13-34(2)22(17-23)6-7-24-25-8-9-27(35(25,3)14-11-26(24)34)29(38)18-28-31-21(12-15-36(28)4)16-30-32(33(31)39-5)41-19-40-30/h6,16,23-28H,7-15,17-19H2,1-5H3/t23-,24+,25-,26+,27-,28+,34-,35-/m1/s1. The number of nitrogens with zero attached hydrogens (tertiary/aromatic N) is 1. The summed E-state index contributed by atoms with van der Waals surface area (Å²) in [5.41, 5.74) is 4.09. The molecule has 0 radical (unpaired) electrons. The number of allylic oxidation sites excluding steroid dienone is 1. The van der Waals surface area contributed by atoms with Gasteiger partial charge in [0.25, 0.3) is 0 Å². The first-order valence-electron chi connectivity index (χ1n) is 16.2. The SMILES string of the molecule is COc1c2c(cc3c1[C@H](CC(=O)[C@H]1CC[C@@H]4[C@@H]5CC=C6C[C@H](OC(C)=O)CC[C@@]6(C)[C@H]5CC[C@@]14C)N(C)CC3)OCO2. The molecule has 1 aromatic rings. The molecule has 0 N–H and O–H groups in total. The van der Waals surface area contributed by atoms with Gasteiger partial charge in [0.1, 0.15) is 11.9 Å². The topological polar surface area (TPSA) is 74.3 Å². The Balaban J connectivity index is 1.11. The van der Waals surface area contributed by atoms with E-state index in [1.54, 1.807) is 7.11 Å². The molecule has 42 heavy (non-hydrogen) atoms. The molecule has 6 aliphatic rings. The van der Waals surface area contributed by atoms with E-state index in [0.717, 1.165) is 75.0 Å². The quantitative estimate of drug-likeness (QED) is 0.295. The third-order valence-corrected chi connectivity index (χ3v) is 12.7. The highest BCUT2D eigenvalue weighted by atomic mass is 16.7. The number of hydrogen-bond donors (Lipinski definition) is 0. The van der Waals surface area contributed by atoms with Crippen molar-refractivity contribution in [2.45, 2.75) is 97.1 Å². The number of Topliss-reactive ketones (excluding diaryl/α,β-unsaturated/α-hetero) is 1. The molecule has 228 valence electrons. The Labute approximate surface area is 250 Å². The molecule has 3 fully saturated rings. The van der Waals surface area contributed by atoms with E-state index in [1.165, 1.54) is 24.5 Å². The number of hydrogen-bond acceptors (Lipinski definition) is 7. The molecular formula is C35H47NO6. The van der Waals surface area contributed by atoms with Crippen molar-refractivity contribution in [3.8, 4) is 17.2 Å². The molecule has 0 spiro atoms. The van der Waals surface area contributed by atoms with E-state index in [4.69, 9.17) is 18.9 Å². The van der Waals surface area contributed by atoms with Gasteiger partial charge in [-0.15, -0.1) is 0 Å². The van der Waals surface area contributed by atoms with Crippen LogP contribution >= 0.6 is 0 Å². The molecule has 0 saturated heterocycles. The Kier molecular flexibility index (Phi) is 6.91. The summed E-state index contributed by atoms with van der Waals surface area (Å²) in [6.07, 6.45) is 12.5. The van der Waals surface area contributed by atoms with Gasteiger partial charge in [-0.3, -0.25) is 14.5 Å². The van der Waals surface area contributed by atoms with Crippen molar-refractivity contribution in [3.63, 3.8) is 0 Å². The highest BCUT2D eigenvalue weighted by Gasteiger charge is 2.60. The van der Waals surface area contributed by atoms with Crippen LogP contribution < -0.4 is 14.2 Å². The number of carbonyl (C=O) groups excluding carboxylic acids is 2. The zero-order chi connectivity index (χ0) is 29.4. The third kappa shape index (κ3) is 4.23. The maximum Gasteiger partial charge on any atom is 0.302 e. The van der Waals surface area contributed by atoms with Crippen LogP contribution in [0.5, 0.6) is 17.2 Å². The Hall–Kier alpha value is -2.54. The minimum Gasteiger partial charge on any atom is -0.492 e. The Morgan fingerprint density at radius 3 is 2.71 bits per heavy atom. The molecule has 2 heterocycles. The first kappa shape index (κ1) is 28.2. The van der Waals surface area contributed by atoms with E-state index in [2.05, 4.69) is 37.9 Å². The normalized spacial score (nSPS) is 38.5. The number of likely N-dealkylation sites (N-methyl/N-ethyl adjacent to an activating group) is 1. The van der Waals surface area contributed by atoms with Crippen LogP contribution in [0, 0.1) is 34.5 Å². The zero-order valence-corrected chi connectivity index (χ0v) is 26.0. The summed E-state index contributed by atoms with van der Waals surface area (Å²) in [4.78, 5) is 28.3. The molecular weight excluding hydrogens is 530 g/mol. The van der Waals surface area contributed by atoms with Gasteiger partial charge >= 0.3 is 5.97 Å². The fourth-order valence-electron chi connectivity index (χ4n) is 10.6. The maximum absolute atomic E-state index is 14.4. The average Bonchev–Trinajstić information content (AvgIpc) is 3.57. The van der Waals surface area contributed by atoms with Crippen LogP contribution in [-0.4, -0.2) is 50.3 Å². The van der Waals surface area contributed by atoms with Crippen LogP contribution in [0.3, 0.4) is 0 Å². The molecule has 1 aromatic carbocycles. The predicted molar refractivity (Wildman–Crippen MR) is 159 cm³/mol. The van der Waals surface area contributed by atoms with E-state index in [0.29, 0.717) is 35.7 Å². The van der Waals surface area contributed by atoms with E-state index in [9.17, 15) is 9.59 Å². The number of ether oxygens (including phenoxy) is 4. The molecule has 0 bridgehead atoms. The smallest absolute Gasteiger partial charge is 0.302 e. The van der Waals surface area contributed by atoms with E-state index in [-0.39, 0.29) is 41.7 Å². The van der Waals surface area contributed by atoms with Gasteiger partial charge < -0.3 is 18.9 Å². The summed E-state index contributed by atoms with van der Waals surface area (Å²) in [7, 11) is 3.83. The van der Waals surface area contributed by atoms with Gasteiger partial charge in [0.2, 0.25) is 12.5 Å². The van der Waals surface area contributed by atoms with Crippen molar-refractivity contribution in [1.82, 2.24) is 4.90 Å². The lowest BCUT2D eigenvalue weighted by Gasteiger charge is -2.58. The van der Waals surface area contributed by atoms with Crippen molar-refractivity contribution < 1.29 is 28.5 Å². The Morgan fingerprint density at radius 1 is 1.10 bits per heavy atom. The lowest BCUT2D eigenvalue weighted by Crippen LogP contribution is -2.51. The molecule has 3 saturated carbocycles. The van der Waals surface area contributed by atoms with Crippen molar-refractivity contribution in [2.24, 2.45) is 34.5 Å². The van der Waals surface area contributed by atoms with E-state index in [1.807, 2.05) is 0 Å². The largest absolute Gasteiger partial charge is 0.492 e. The van der Waals surface area contributed by atoms with Crippen LogP contribution in [0.2, 0.25) is 0 Å². The Morgan fingerprint density at radius 2 is 1.93 bits per heavy atom. The fraction of sp³-hybridized carbons (Fsp3) is 0.714. The van der Waals surface area contributed by atoms with Crippen LogP contribution in [-0.2, 0) is 20.7 Å². The average molecular weight is 578 g/mol. The van der Waals surface area contributed by atoms with Gasteiger partial charge in [-0.1, -0.05) is 25.5 Å². The van der Waals surface area contributed by atoms with Gasteiger partial charge in [-0.25, -0.2) is 0 Å². The summed E-state index contributed by atoms with van der Waals surface area (Å²) < 4.78 is 23.0.